The minimum atomic E-state index is -4.38. The third-order valence-corrected chi connectivity index (χ3v) is 5.88. The number of carbonyl (C=O) groups excluding carboxylic acids is 1. The van der Waals surface area contributed by atoms with Gasteiger partial charge in [-0.3, -0.25) is 4.79 Å². The molecule has 0 heterocycles. The van der Waals surface area contributed by atoms with Gasteiger partial charge in [-0.05, 0) is 43.2 Å². The van der Waals surface area contributed by atoms with Crippen LogP contribution in [0.25, 0.3) is 0 Å². The lowest BCUT2D eigenvalue weighted by molar-refractivity contribution is -0.176. The Morgan fingerprint density at radius 1 is 1.10 bits per heavy atom. The molecule has 0 saturated heterocycles. The van der Waals surface area contributed by atoms with Crippen LogP contribution < -0.4 is 10.0 Å². The first-order chi connectivity index (χ1) is 14.4. The van der Waals surface area contributed by atoms with E-state index in [0.717, 1.165) is 0 Å². The number of amides is 1. The zero-order valence-electron chi connectivity index (χ0n) is 16.8. The van der Waals surface area contributed by atoms with E-state index in [0.29, 0.717) is 11.1 Å². The Morgan fingerprint density at radius 2 is 1.71 bits per heavy atom. The molecule has 170 valence electrons. The van der Waals surface area contributed by atoms with Crippen molar-refractivity contribution in [2.45, 2.75) is 44.1 Å². The molecule has 0 saturated carbocycles. The molecule has 0 aliphatic carbocycles. The summed E-state index contributed by atoms with van der Waals surface area (Å²) in [6.07, 6.45) is -4.38. The van der Waals surface area contributed by atoms with E-state index in [4.69, 9.17) is 11.6 Å². The first-order valence-electron chi connectivity index (χ1n) is 9.20. The van der Waals surface area contributed by atoms with Crippen molar-refractivity contribution < 1.29 is 31.1 Å². The summed E-state index contributed by atoms with van der Waals surface area (Å²) in [6, 6.07) is 9.99. The zero-order valence-corrected chi connectivity index (χ0v) is 18.4. The van der Waals surface area contributed by atoms with Crippen LogP contribution in [0.1, 0.15) is 35.3 Å². The van der Waals surface area contributed by atoms with E-state index >= 15 is 0 Å². The topological polar surface area (TPSA) is 84.5 Å². The summed E-state index contributed by atoms with van der Waals surface area (Å²) in [6.45, 7) is 1.95. The maximum Gasteiger partial charge on any atom is 0.411 e. The quantitative estimate of drug-likeness (QED) is 0.570. The second-order valence-electron chi connectivity index (χ2n) is 7.02. The number of benzene rings is 2. The fourth-order valence-electron chi connectivity index (χ4n) is 2.54. The highest BCUT2D eigenvalue weighted by Gasteiger charge is 2.27. The number of sulfonamides is 1. The van der Waals surface area contributed by atoms with E-state index in [-0.39, 0.29) is 34.7 Å². The van der Waals surface area contributed by atoms with Gasteiger partial charge in [0, 0.05) is 12.6 Å². The lowest BCUT2D eigenvalue weighted by atomic mass is 10.1. The van der Waals surface area contributed by atoms with Gasteiger partial charge < -0.3 is 10.1 Å². The van der Waals surface area contributed by atoms with Crippen molar-refractivity contribution in [1.82, 2.24) is 10.0 Å². The molecule has 6 nitrogen and oxygen atoms in total. The van der Waals surface area contributed by atoms with Gasteiger partial charge in [0.1, 0.15) is 6.61 Å². The Hall–Kier alpha value is -2.14. The van der Waals surface area contributed by atoms with Gasteiger partial charge in [-0.1, -0.05) is 35.9 Å². The van der Waals surface area contributed by atoms with Crippen molar-refractivity contribution in [3.8, 4) is 0 Å². The van der Waals surface area contributed by atoms with E-state index in [1.165, 1.54) is 18.2 Å². The third kappa shape index (κ3) is 8.13. The molecule has 1 amide bonds. The molecule has 2 N–H and O–H groups in total. The lowest BCUT2D eigenvalue weighted by Crippen LogP contribution is -2.30. The Morgan fingerprint density at radius 3 is 2.29 bits per heavy atom. The van der Waals surface area contributed by atoms with Crippen LogP contribution in [0.4, 0.5) is 13.2 Å². The third-order valence-electron chi connectivity index (χ3n) is 3.89. The molecule has 0 aliphatic rings. The predicted molar refractivity (Wildman–Crippen MR) is 110 cm³/mol. The molecule has 0 aliphatic heterocycles. The number of nitrogens with one attached hydrogen (secondary N) is 2. The molecule has 0 aromatic heterocycles. The van der Waals surface area contributed by atoms with Crippen molar-refractivity contribution in [1.29, 1.82) is 0 Å². The van der Waals surface area contributed by atoms with E-state index in [2.05, 4.69) is 14.8 Å². The average Bonchev–Trinajstić information content (AvgIpc) is 2.65. The molecule has 0 bridgehead atoms. The minimum absolute atomic E-state index is 0.00506. The molecule has 2 aromatic carbocycles. The highest BCUT2D eigenvalue weighted by atomic mass is 35.5. The standard InChI is InChI=1S/C20H22ClF3N2O4S/c1-13(2)26-31(28,29)16-7-8-18(21)17(9-16)19(27)25-10-14-3-5-15(6-4-14)11-30-12-20(22,23)24/h3-9,13,26H,10-12H2,1-2H3,(H,25,27). The Bertz CT molecular complexity index is 1010. The van der Waals surface area contributed by atoms with Gasteiger partial charge in [-0.25, -0.2) is 13.1 Å². The van der Waals surface area contributed by atoms with E-state index in [1.54, 1.807) is 38.1 Å². The molecule has 0 spiro atoms. The van der Waals surface area contributed by atoms with Crippen LogP contribution >= 0.6 is 11.6 Å². The lowest BCUT2D eigenvalue weighted by Gasteiger charge is -2.12. The van der Waals surface area contributed by atoms with Crippen LogP contribution in [0.15, 0.2) is 47.4 Å². The molecular formula is C20H22ClF3N2O4S. The van der Waals surface area contributed by atoms with Gasteiger partial charge in [0.05, 0.1) is 22.1 Å². The molecule has 0 unspecified atom stereocenters. The van der Waals surface area contributed by atoms with Crippen LogP contribution in [0.5, 0.6) is 0 Å². The maximum absolute atomic E-state index is 12.5. The molecule has 2 rings (SSSR count). The number of hydrogen-bond donors (Lipinski definition) is 2. The van der Waals surface area contributed by atoms with Crippen LogP contribution in [0.2, 0.25) is 5.02 Å². The largest absolute Gasteiger partial charge is 0.411 e. The Labute approximate surface area is 183 Å². The van der Waals surface area contributed by atoms with Crippen LogP contribution in [-0.2, 0) is 27.9 Å². The predicted octanol–water partition coefficient (Wildman–Crippen LogP) is 4.04. The highest BCUT2D eigenvalue weighted by molar-refractivity contribution is 7.89. The van der Waals surface area contributed by atoms with Gasteiger partial charge in [-0.15, -0.1) is 0 Å². The summed E-state index contributed by atoms with van der Waals surface area (Å²) < 4.78 is 68.0. The van der Waals surface area contributed by atoms with Crippen LogP contribution in [0.3, 0.4) is 0 Å². The Balaban J connectivity index is 2.00. The van der Waals surface area contributed by atoms with Crippen molar-refractivity contribution in [3.63, 3.8) is 0 Å². The fourth-order valence-corrected chi connectivity index (χ4v) is 4.02. The summed E-state index contributed by atoms with van der Waals surface area (Å²) in [5.41, 5.74) is 1.25. The van der Waals surface area contributed by atoms with Crippen LogP contribution in [0, 0.1) is 0 Å². The van der Waals surface area contributed by atoms with Gasteiger partial charge in [0.25, 0.3) is 5.91 Å². The smallest absolute Gasteiger partial charge is 0.367 e. The SMILES string of the molecule is CC(C)NS(=O)(=O)c1ccc(Cl)c(C(=O)NCc2ccc(COCC(F)(F)F)cc2)c1. The molecule has 0 radical (unpaired) electrons. The number of hydrogen-bond acceptors (Lipinski definition) is 4. The number of carbonyl (C=O) groups is 1. The van der Waals surface area contributed by atoms with Crippen molar-refractivity contribution in [2.75, 3.05) is 6.61 Å². The van der Waals surface area contributed by atoms with E-state index in [9.17, 15) is 26.4 Å². The second-order valence-corrected chi connectivity index (χ2v) is 9.15. The number of rotatable bonds is 9. The molecule has 0 atom stereocenters. The summed E-state index contributed by atoms with van der Waals surface area (Å²) in [5.74, 6) is -0.566. The molecule has 2 aromatic rings. The summed E-state index contributed by atoms with van der Waals surface area (Å²) in [7, 11) is -3.79. The first kappa shape index (κ1) is 25.1. The summed E-state index contributed by atoms with van der Waals surface area (Å²) in [5, 5.41) is 2.73. The van der Waals surface area contributed by atoms with E-state index < -0.39 is 28.7 Å². The second kappa shape index (κ2) is 10.4. The minimum Gasteiger partial charge on any atom is -0.367 e. The summed E-state index contributed by atoms with van der Waals surface area (Å²) >= 11 is 6.06. The number of ether oxygens (including phenoxy) is 1. The zero-order chi connectivity index (χ0) is 23.2. The van der Waals surface area contributed by atoms with Gasteiger partial charge >= 0.3 is 6.18 Å². The van der Waals surface area contributed by atoms with Crippen LogP contribution in [-0.4, -0.2) is 33.1 Å². The monoisotopic (exact) mass is 478 g/mol. The normalized spacial score (nSPS) is 12.2. The highest BCUT2D eigenvalue weighted by Crippen LogP contribution is 2.21. The number of halogens is 4. The number of alkyl halides is 3. The van der Waals surface area contributed by atoms with Gasteiger partial charge in [0.2, 0.25) is 10.0 Å². The average molecular weight is 479 g/mol. The van der Waals surface area contributed by atoms with Crippen molar-refractivity contribution >= 4 is 27.5 Å². The van der Waals surface area contributed by atoms with Gasteiger partial charge in [-0.2, -0.15) is 13.2 Å². The van der Waals surface area contributed by atoms with Gasteiger partial charge in [0.15, 0.2) is 0 Å². The Kier molecular flexibility index (Phi) is 8.47. The van der Waals surface area contributed by atoms with Crippen molar-refractivity contribution in [3.05, 3.63) is 64.2 Å². The first-order valence-corrected chi connectivity index (χ1v) is 11.1. The molecule has 0 fully saturated rings. The van der Waals surface area contributed by atoms with Crippen molar-refractivity contribution in [2.24, 2.45) is 0 Å². The molecule has 31 heavy (non-hydrogen) atoms. The summed E-state index contributed by atoms with van der Waals surface area (Å²) in [4.78, 5) is 12.4. The van der Waals surface area contributed by atoms with E-state index in [1.807, 2.05) is 0 Å². The molecular weight excluding hydrogens is 457 g/mol. The molecule has 11 heteroatoms. The maximum atomic E-state index is 12.5. The fraction of sp³-hybridized carbons (Fsp3) is 0.350.